The highest BCUT2D eigenvalue weighted by Crippen LogP contribution is 2.28. The SMILES string of the molecule is CC1CCC(CNc2nc(Nc3cccc(C(=O)NCCOCCOCCN)c3)nc(NC3CCC(O)CC3)n2)CC1. The molecule has 7 N–H and O–H groups in total. The van der Waals surface area contributed by atoms with Crippen LogP contribution in [-0.4, -0.2) is 84.2 Å². The third-order valence-corrected chi connectivity index (χ3v) is 7.90. The second kappa shape index (κ2) is 17.2. The molecule has 0 radical (unpaired) electrons. The van der Waals surface area contributed by atoms with Crippen LogP contribution in [0.4, 0.5) is 23.5 Å². The molecule has 1 aromatic heterocycles. The summed E-state index contributed by atoms with van der Waals surface area (Å²) in [4.78, 5) is 26.7. The Bertz CT molecular complexity index is 1090. The van der Waals surface area contributed by atoms with Crippen LogP contribution in [0.2, 0.25) is 0 Å². The molecule has 0 unspecified atom stereocenters. The van der Waals surface area contributed by atoms with Gasteiger partial charge in [-0.25, -0.2) is 0 Å². The van der Waals surface area contributed by atoms with Gasteiger partial charge in [0.1, 0.15) is 0 Å². The summed E-state index contributed by atoms with van der Waals surface area (Å²) in [5.41, 5.74) is 6.60. The Labute approximate surface area is 249 Å². The molecular formula is C30H48N8O4. The highest BCUT2D eigenvalue weighted by atomic mass is 16.5. The highest BCUT2D eigenvalue weighted by Gasteiger charge is 2.22. The van der Waals surface area contributed by atoms with Gasteiger partial charge in [0.15, 0.2) is 0 Å². The number of nitrogens with one attached hydrogen (secondary N) is 4. The van der Waals surface area contributed by atoms with E-state index in [0.29, 0.717) is 74.5 Å². The van der Waals surface area contributed by atoms with E-state index in [1.807, 2.05) is 12.1 Å². The number of aliphatic hydroxyl groups is 1. The van der Waals surface area contributed by atoms with Gasteiger partial charge in [0.2, 0.25) is 17.8 Å². The van der Waals surface area contributed by atoms with Crippen molar-refractivity contribution < 1.29 is 19.4 Å². The molecule has 12 nitrogen and oxygen atoms in total. The Kier molecular flexibility index (Phi) is 13.0. The molecule has 2 fully saturated rings. The molecule has 1 amide bonds. The van der Waals surface area contributed by atoms with Gasteiger partial charge in [-0.3, -0.25) is 4.79 Å². The summed E-state index contributed by atoms with van der Waals surface area (Å²) < 4.78 is 10.7. The van der Waals surface area contributed by atoms with Crippen LogP contribution < -0.4 is 27.0 Å². The lowest BCUT2D eigenvalue weighted by atomic mass is 9.83. The topological polar surface area (TPSA) is 169 Å². The Morgan fingerprint density at radius 2 is 1.64 bits per heavy atom. The van der Waals surface area contributed by atoms with Gasteiger partial charge in [-0.05, 0) is 68.6 Å². The minimum Gasteiger partial charge on any atom is -0.393 e. The summed E-state index contributed by atoms with van der Waals surface area (Å²) >= 11 is 0. The van der Waals surface area contributed by atoms with Crippen LogP contribution >= 0.6 is 0 Å². The van der Waals surface area contributed by atoms with Crippen molar-refractivity contribution in [2.24, 2.45) is 17.6 Å². The molecule has 2 aromatic rings. The van der Waals surface area contributed by atoms with Gasteiger partial charge in [0.05, 0.1) is 32.5 Å². The molecule has 12 heteroatoms. The van der Waals surface area contributed by atoms with Gasteiger partial charge < -0.3 is 41.6 Å². The maximum absolute atomic E-state index is 12.7. The van der Waals surface area contributed by atoms with Crippen LogP contribution in [0.25, 0.3) is 0 Å². The van der Waals surface area contributed by atoms with Crippen LogP contribution in [0.5, 0.6) is 0 Å². The smallest absolute Gasteiger partial charge is 0.251 e. The number of anilines is 4. The van der Waals surface area contributed by atoms with E-state index in [0.717, 1.165) is 38.1 Å². The lowest BCUT2D eigenvalue weighted by molar-refractivity contribution is 0.0511. The number of carbonyl (C=O) groups excluding carboxylic acids is 1. The number of nitrogens with two attached hydrogens (primary N) is 1. The summed E-state index contributed by atoms with van der Waals surface area (Å²) in [5.74, 6) is 2.63. The Morgan fingerprint density at radius 1 is 0.929 bits per heavy atom. The maximum atomic E-state index is 12.7. The number of hydrogen-bond acceptors (Lipinski definition) is 11. The first kappa shape index (κ1) is 31.9. The van der Waals surface area contributed by atoms with Crippen molar-refractivity contribution in [1.82, 2.24) is 20.3 Å². The summed E-state index contributed by atoms with van der Waals surface area (Å²) in [6.07, 6.45) is 7.98. The van der Waals surface area contributed by atoms with E-state index in [1.165, 1.54) is 25.7 Å². The predicted molar refractivity (Wildman–Crippen MR) is 164 cm³/mol. The molecule has 2 saturated carbocycles. The number of rotatable bonds is 16. The first-order chi connectivity index (χ1) is 20.5. The Morgan fingerprint density at radius 3 is 2.40 bits per heavy atom. The van der Waals surface area contributed by atoms with Crippen LogP contribution in [0, 0.1) is 11.8 Å². The quantitative estimate of drug-likeness (QED) is 0.160. The fraction of sp³-hybridized carbons (Fsp3) is 0.667. The minimum absolute atomic E-state index is 0.191. The van der Waals surface area contributed by atoms with Crippen LogP contribution in [-0.2, 0) is 9.47 Å². The number of hydrogen-bond donors (Lipinski definition) is 6. The average Bonchev–Trinajstić information content (AvgIpc) is 2.99. The monoisotopic (exact) mass is 584 g/mol. The minimum atomic E-state index is -0.229. The van der Waals surface area contributed by atoms with Crippen molar-refractivity contribution in [2.45, 2.75) is 70.4 Å². The van der Waals surface area contributed by atoms with Crippen LogP contribution in [0.1, 0.15) is 68.6 Å². The van der Waals surface area contributed by atoms with Crippen molar-refractivity contribution in [3.63, 3.8) is 0 Å². The largest absolute Gasteiger partial charge is 0.393 e. The van der Waals surface area contributed by atoms with Crippen molar-refractivity contribution in [2.75, 3.05) is 62.0 Å². The summed E-state index contributed by atoms with van der Waals surface area (Å²) in [7, 11) is 0. The van der Waals surface area contributed by atoms with E-state index in [2.05, 4.69) is 43.1 Å². The first-order valence-electron chi connectivity index (χ1n) is 15.4. The molecule has 1 aromatic carbocycles. The van der Waals surface area contributed by atoms with E-state index in [9.17, 15) is 9.90 Å². The Hall–Kier alpha value is -3.06. The zero-order chi connectivity index (χ0) is 29.6. The standard InChI is InChI=1S/C30H48N8O4/c1-21-5-7-22(8-6-21)20-33-28-36-29(34-24-9-11-26(39)12-10-24)38-30(37-28)35-25-4-2-3-23(19-25)27(40)32-14-16-42-18-17-41-15-13-31/h2-4,19,21-22,24,26,39H,5-18,20,31H2,1H3,(H,32,40)(H3,33,34,35,36,37,38). The number of ether oxygens (including phenoxy) is 2. The number of aliphatic hydroxyl groups excluding tert-OH is 1. The molecule has 232 valence electrons. The fourth-order valence-corrected chi connectivity index (χ4v) is 5.36. The first-order valence-corrected chi connectivity index (χ1v) is 15.4. The number of carbonyl (C=O) groups is 1. The average molecular weight is 585 g/mol. The van der Waals surface area contributed by atoms with Crippen molar-refractivity contribution in [3.05, 3.63) is 29.8 Å². The van der Waals surface area contributed by atoms with E-state index in [1.54, 1.807) is 12.1 Å². The molecule has 0 bridgehead atoms. The third-order valence-electron chi connectivity index (χ3n) is 7.90. The van der Waals surface area contributed by atoms with E-state index >= 15 is 0 Å². The molecular weight excluding hydrogens is 536 g/mol. The van der Waals surface area contributed by atoms with Gasteiger partial charge in [0, 0.05) is 36.9 Å². The molecule has 42 heavy (non-hydrogen) atoms. The second-order valence-electron chi connectivity index (χ2n) is 11.4. The number of amides is 1. The number of benzene rings is 1. The normalized spacial score (nSPS) is 22.4. The summed E-state index contributed by atoms with van der Waals surface area (Å²) in [6.45, 7) is 5.87. The highest BCUT2D eigenvalue weighted by molar-refractivity contribution is 5.95. The molecule has 4 rings (SSSR count). The van der Waals surface area contributed by atoms with Crippen LogP contribution in [0.3, 0.4) is 0 Å². The fourth-order valence-electron chi connectivity index (χ4n) is 5.36. The maximum Gasteiger partial charge on any atom is 0.251 e. The molecule has 2 aliphatic rings. The lowest BCUT2D eigenvalue weighted by Gasteiger charge is -2.27. The molecule has 2 aliphatic carbocycles. The Balaban J connectivity index is 1.35. The van der Waals surface area contributed by atoms with Crippen molar-refractivity contribution in [3.8, 4) is 0 Å². The molecule has 1 heterocycles. The van der Waals surface area contributed by atoms with E-state index in [4.69, 9.17) is 15.2 Å². The van der Waals surface area contributed by atoms with E-state index in [-0.39, 0.29) is 18.1 Å². The van der Waals surface area contributed by atoms with Gasteiger partial charge >= 0.3 is 0 Å². The van der Waals surface area contributed by atoms with Crippen molar-refractivity contribution in [1.29, 1.82) is 0 Å². The number of aromatic nitrogens is 3. The number of nitrogens with zero attached hydrogens (tertiary/aromatic N) is 3. The van der Waals surface area contributed by atoms with Gasteiger partial charge in [-0.2, -0.15) is 15.0 Å². The van der Waals surface area contributed by atoms with E-state index < -0.39 is 0 Å². The zero-order valence-corrected chi connectivity index (χ0v) is 24.8. The summed E-state index contributed by atoms with van der Waals surface area (Å²) in [5, 5.41) is 22.9. The molecule has 0 atom stereocenters. The van der Waals surface area contributed by atoms with Crippen molar-refractivity contribution >= 4 is 29.4 Å². The van der Waals surface area contributed by atoms with Gasteiger partial charge in [0.25, 0.3) is 5.91 Å². The predicted octanol–water partition coefficient (Wildman–Crippen LogP) is 3.29. The summed E-state index contributed by atoms with van der Waals surface area (Å²) in [6, 6.07) is 7.42. The molecule has 0 saturated heterocycles. The van der Waals surface area contributed by atoms with Gasteiger partial charge in [-0.15, -0.1) is 0 Å². The second-order valence-corrected chi connectivity index (χ2v) is 11.4. The lowest BCUT2D eigenvalue weighted by Crippen LogP contribution is -2.29. The van der Waals surface area contributed by atoms with Crippen LogP contribution in [0.15, 0.2) is 24.3 Å². The molecule has 0 aliphatic heterocycles. The zero-order valence-electron chi connectivity index (χ0n) is 24.8. The third kappa shape index (κ3) is 11.0. The molecule has 0 spiro atoms. The van der Waals surface area contributed by atoms with Gasteiger partial charge in [-0.1, -0.05) is 25.8 Å².